The van der Waals surface area contributed by atoms with Gasteiger partial charge in [-0.25, -0.2) is 4.79 Å². The Morgan fingerprint density at radius 1 is 1.20 bits per heavy atom. The van der Waals surface area contributed by atoms with Crippen LogP contribution in [0.25, 0.3) is 0 Å². The highest BCUT2D eigenvalue weighted by Gasteiger charge is 2.41. The number of hydrogen-bond donors (Lipinski definition) is 0. The molecular formula is C15H28BrNO3. The van der Waals surface area contributed by atoms with E-state index in [4.69, 9.17) is 9.47 Å². The molecule has 1 saturated heterocycles. The number of carbonyl (C=O) groups excluding carboxylic acids is 1. The first-order chi connectivity index (χ1) is 8.96. The SMILES string of the molecule is CC(C)(C)OC(=O)N1CCCC(CBr)(OC(C)(C)C)C1. The fourth-order valence-corrected chi connectivity index (χ4v) is 3.02. The summed E-state index contributed by atoms with van der Waals surface area (Å²) in [7, 11) is 0. The minimum Gasteiger partial charge on any atom is -0.444 e. The maximum atomic E-state index is 12.2. The molecular weight excluding hydrogens is 322 g/mol. The average Bonchev–Trinajstić information content (AvgIpc) is 2.24. The molecule has 5 heteroatoms. The van der Waals surface area contributed by atoms with E-state index < -0.39 is 5.60 Å². The summed E-state index contributed by atoms with van der Waals surface area (Å²) in [6.45, 7) is 13.1. The number of rotatable bonds is 2. The Morgan fingerprint density at radius 2 is 1.80 bits per heavy atom. The predicted octanol–water partition coefficient (Wildman–Crippen LogP) is 3.97. The van der Waals surface area contributed by atoms with Gasteiger partial charge in [-0.05, 0) is 54.4 Å². The van der Waals surface area contributed by atoms with E-state index in [0.29, 0.717) is 6.54 Å². The molecule has 4 nitrogen and oxygen atoms in total. The molecule has 0 saturated carbocycles. The number of carbonyl (C=O) groups is 1. The lowest BCUT2D eigenvalue weighted by Gasteiger charge is -2.45. The monoisotopic (exact) mass is 349 g/mol. The van der Waals surface area contributed by atoms with Crippen molar-refractivity contribution in [1.29, 1.82) is 0 Å². The molecule has 0 aromatic heterocycles. The van der Waals surface area contributed by atoms with Gasteiger partial charge in [0, 0.05) is 11.9 Å². The number of hydrogen-bond acceptors (Lipinski definition) is 3. The normalized spacial score (nSPS) is 24.6. The Balaban J connectivity index is 2.76. The van der Waals surface area contributed by atoms with Crippen LogP contribution >= 0.6 is 15.9 Å². The topological polar surface area (TPSA) is 38.8 Å². The lowest BCUT2D eigenvalue weighted by Crippen LogP contribution is -2.56. The first-order valence-electron chi connectivity index (χ1n) is 7.20. The van der Waals surface area contributed by atoms with Gasteiger partial charge in [-0.15, -0.1) is 0 Å². The Labute approximate surface area is 131 Å². The zero-order valence-corrected chi connectivity index (χ0v) is 15.2. The van der Waals surface area contributed by atoms with Gasteiger partial charge in [-0.2, -0.15) is 0 Å². The van der Waals surface area contributed by atoms with E-state index in [0.717, 1.165) is 24.7 Å². The molecule has 1 atom stereocenters. The van der Waals surface area contributed by atoms with Gasteiger partial charge in [0.1, 0.15) is 5.60 Å². The van der Waals surface area contributed by atoms with Gasteiger partial charge in [0.15, 0.2) is 0 Å². The number of ether oxygens (including phenoxy) is 2. The van der Waals surface area contributed by atoms with Crippen LogP contribution in [-0.4, -0.2) is 46.2 Å². The van der Waals surface area contributed by atoms with Gasteiger partial charge in [-0.1, -0.05) is 15.9 Å². The molecule has 1 aliphatic heterocycles. The van der Waals surface area contributed by atoms with E-state index >= 15 is 0 Å². The van der Waals surface area contributed by atoms with Crippen molar-refractivity contribution in [3.63, 3.8) is 0 Å². The molecule has 0 aliphatic carbocycles. The summed E-state index contributed by atoms with van der Waals surface area (Å²) in [4.78, 5) is 14.0. The zero-order chi connectivity index (χ0) is 15.6. The summed E-state index contributed by atoms with van der Waals surface area (Å²) in [5.41, 5.74) is -1.02. The zero-order valence-electron chi connectivity index (χ0n) is 13.6. The second-order valence-corrected chi connectivity index (χ2v) is 8.10. The van der Waals surface area contributed by atoms with E-state index in [1.807, 2.05) is 41.5 Å². The van der Waals surface area contributed by atoms with Gasteiger partial charge in [0.05, 0.1) is 17.7 Å². The van der Waals surface area contributed by atoms with E-state index in [9.17, 15) is 4.79 Å². The molecule has 20 heavy (non-hydrogen) atoms. The highest BCUT2D eigenvalue weighted by molar-refractivity contribution is 9.09. The fourth-order valence-electron chi connectivity index (χ4n) is 2.45. The standard InChI is InChI=1S/C15H28BrNO3/c1-13(2,3)19-12(18)17-9-7-8-15(10-16,11-17)20-14(4,5)6/h7-11H2,1-6H3. The van der Waals surface area contributed by atoms with Crippen molar-refractivity contribution in [1.82, 2.24) is 4.90 Å². The van der Waals surface area contributed by atoms with Crippen molar-refractivity contribution in [2.75, 3.05) is 18.4 Å². The molecule has 1 unspecified atom stereocenters. The van der Waals surface area contributed by atoms with Gasteiger partial charge in [0.2, 0.25) is 0 Å². The molecule has 1 rings (SSSR count). The summed E-state index contributed by atoms with van der Waals surface area (Å²) in [6.07, 6.45) is 1.63. The largest absolute Gasteiger partial charge is 0.444 e. The third-order valence-electron chi connectivity index (χ3n) is 2.96. The summed E-state index contributed by atoms with van der Waals surface area (Å²) in [5, 5.41) is 0.719. The third kappa shape index (κ3) is 5.60. The molecule has 118 valence electrons. The van der Waals surface area contributed by atoms with Crippen LogP contribution in [0.4, 0.5) is 4.79 Å². The first kappa shape index (κ1) is 17.8. The molecule has 0 bridgehead atoms. The van der Waals surface area contributed by atoms with Gasteiger partial charge in [0.25, 0.3) is 0 Å². The van der Waals surface area contributed by atoms with Gasteiger partial charge >= 0.3 is 6.09 Å². The number of piperidine rings is 1. The van der Waals surface area contributed by atoms with Gasteiger partial charge < -0.3 is 14.4 Å². The minimum atomic E-state index is -0.462. The summed E-state index contributed by atoms with van der Waals surface area (Å²) < 4.78 is 11.7. The molecule has 1 fully saturated rings. The van der Waals surface area contributed by atoms with E-state index in [1.54, 1.807) is 4.90 Å². The minimum absolute atomic E-state index is 0.231. The lowest BCUT2D eigenvalue weighted by molar-refractivity contribution is -0.144. The molecule has 0 spiro atoms. The molecule has 1 heterocycles. The van der Waals surface area contributed by atoms with Crippen LogP contribution in [0.5, 0.6) is 0 Å². The van der Waals surface area contributed by atoms with Crippen molar-refractivity contribution in [3.8, 4) is 0 Å². The lowest BCUT2D eigenvalue weighted by atomic mass is 9.93. The second-order valence-electron chi connectivity index (χ2n) is 7.54. The quantitative estimate of drug-likeness (QED) is 0.708. The van der Waals surface area contributed by atoms with E-state index in [-0.39, 0.29) is 17.3 Å². The maximum absolute atomic E-state index is 12.2. The Morgan fingerprint density at radius 3 is 2.25 bits per heavy atom. The number of nitrogens with zero attached hydrogens (tertiary/aromatic N) is 1. The van der Waals surface area contributed by atoms with Crippen molar-refractivity contribution in [3.05, 3.63) is 0 Å². The van der Waals surface area contributed by atoms with E-state index in [1.165, 1.54) is 0 Å². The summed E-state index contributed by atoms with van der Waals surface area (Å²) in [6, 6.07) is 0. The van der Waals surface area contributed by atoms with Crippen LogP contribution in [0.3, 0.4) is 0 Å². The smallest absolute Gasteiger partial charge is 0.410 e. The second kappa shape index (κ2) is 6.22. The third-order valence-corrected chi connectivity index (χ3v) is 3.98. The van der Waals surface area contributed by atoms with Crippen LogP contribution in [0.1, 0.15) is 54.4 Å². The molecule has 0 aromatic rings. The van der Waals surface area contributed by atoms with Crippen LogP contribution in [0, 0.1) is 0 Å². The Bertz CT molecular complexity index is 346. The maximum Gasteiger partial charge on any atom is 0.410 e. The number of amides is 1. The van der Waals surface area contributed by atoms with E-state index in [2.05, 4.69) is 15.9 Å². The first-order valence-corrected chi connectivity index (χ1v) is 8.33. The number of likely N-dealkylation sites (tertiary alicyclic amines) is 1. The van der Waals surface area contributed by atoms with Crippen LogP contribution < -0.4 is 0 Å². The Kier molecular flexibility index (Phi) is 5.53. The molecule has 0 radical (unpaired) electrons. The highest BCUT2D eigenvalue weighted by Crippen LogP contribution is 2.32. The molecule has 0 N–H and O–H groups in total. The molecule has 0 aromatic carbocycles. The molecule has 1 aliphatic rings. The number of halogens is 1. The van der Waals surface area contributed by atoms with Gasteiger partial charge in [-0.3, -0.25) is 0 Å². The Hall–Kier alpha value is -0.290. The summed E-state index contributed by atoms with van der Waals surface area (Å²) >= 11 is 3.56. The van der Waals surface area contributed by atoms with Crippen molar-refractivity contribution in [2.24, 2.45) is 0 Å². The van der Waals surface area contributed by atoms with Crippen molar-refractivity contribution in [2.45, 2.75) is 71.2 Å². The van der Waals surface area contributed by atoms with Crippen molar-refractivity contribution < 1.29 is 14.3 Å². The summed E-state index contributed by atoms with van der Waals surface area (Å²) in [5.74, 6) is 0. The van der Waals surface area contributed by atoms with Crippen molar-refractivity contribution >= 4 is 22.0 Å². The van der Waals surface area contributed by atoms with Crippen LogP contribution in [-0.2, 0) is 9.47 Å². The fraction of sp³-hybridized carbons (Fsp3) is 0.933. The van der Waals surface area contributed by atoms with Crippen LogP contribution in [0.2, 0.25) is 0 Å². The highest BCUT2D eigenvalue weighted by atomic mass is 79.9. The predicted molar refractivity (Wildman–Crippen MR) is 84.4 cm³/mol. The molecule has 1 amide bonds. The van der Waals surface area contributed by atoms with Crippen LogP contribution in [0.15, 0.2) is 0 Å². The number of alkyl halides is 1. The average molecular weight is 350 g/mol.